The Balaban J connectivity index is 2.07. The number of amides is 2. The second-order valence-electron chi connectivity index (χ2n) is 9.50. The molecule has 0 spiro atoms. The third-order valence-corrected chi connectivity index (χ3v) is 8.18. The quantitative estimate of drug-likeness (QED) is 0.323. The molecule has 3 aromatic carbocycles. The van der Waals surface area contributed by atoms with Crippen LogP contribution in [0.5, 0.6) is 11.5 Å². The summed E-state index contributed by atoms with van der Waals surface area (Å²) >= 11 is 6.15. The van der Waals surface area contributed by atoms with E-state index in [9.17, 15) is 22.4 Å². The first-order valence-corrected chi connectivity index (χ1v) is 14.5. The molecule has 0 saturated carbocycles. The number of hydrogen-bond donors (Lipinski definition) is 1. The molecular weight excluding hydrogens is 573 g/mol. The fourth-order valence-electron chi connectivity index (χ4n) is 4.06. The van der Waals surface area contributed by atoms with Gasteiger partial charge in [-0.05, 0) is 74.9 Å². The molecule has 41 heavy (non-hydrogen) atoms. The smallest absolute Gasteiger partial charge is 0.264 e. The average molecular weight is 606 g/mol. The summed E-state index contributed by atoms with van der Waals surface area (Å²) in [5, 5.41) is 3.23. The third kappa shape index (κ3) is 7.89. The number of hydrogen-bond acceptors (Lipinski definition) is 6. The molecule has 9 nitrogen and oxygen atoms in total. The molecule has 0 unspecified atom stereocenters. The zero-order valence-electron chi connectivity index (χ0n) is 23.4. The largest absolute Gasteiger partial charge is 0.493 e. The van der Waals surface area contributed by atoms with Crippen molar-refractivity contribution in [1.82, 2.24) is 10.2 Å². The van der Waals surface area contributed by atoms with Gasteiger partial charge in [0.2, 0.25) is 11.8 Å². The maximum atomic E-state index is 14.0. The highest BCUT2D eigenvalue weighted by Crippen LogP contribution is 2.32. The van der Waals surface area contributed by atoms with Gasteiger partial charge in [-0.15, -0.1) is 0 Å². The van der Waals surface area contributed by atoms with E-state index in [2.05, 4.69) is 5.32 Å². The lowest BCUT2D eigenvalue weighted by Crippen LogP contribution is -2.52. The van der Waals surface area contributed by atoms with Crippen molar-refractivity contribution in [2.75, 3.05) is 25.1 Å². The van der Waals surface area contributed by atoms with Gasteiger partial charge in [-0.1, -0.05) is 23.7 Å². The van der Waals surface area contributed by atoms with Crippen molar-refractivity contribution in [2.45, 2.75) is 44.3 Å². The van der Waals surface area contributed by atoms with Crippen LogP contribution < -0.4 is 19.1 Å². The van der Waals surface area contributed by atoms with Crippen LogP contribution in [-0.4, -0.2) is 58.0 Å². The van der Waals surface area contributed by atoms with Gasteiger partial charge in [0.05, 0.1) is 24.8 Å². The SMILES string of the molecule is COc1ccc(S(=O)(=O)N(CC(=O)N(Cc2cccc(Cl)c2)[C@@H](C)C(=O)NC(C)C)c2ccc(F)cc2)cc1OC. The summed E-state index contributed by atoms with van der Waals surface area (Å²) in [4.78, 5) is 28.0. The molecule has 12 heteroatoms. The number of anilines is 1. The first-order valence-electron chi connectivity index (χ1n) is 12.7. The topological polar surface area (TPSA) is 105 Å². The number of rotatable bonds is 12. The first-order chi connectivity index (χ1) is 19.4. The summed E-state index contributed by atoms with van der Waals surface area (Å²) in [5.41, 5.74) is 0.697. The second-order valence-corrected chi connectivity index (χ2v) is 11.8. The Hall–Kier alpha value is -3.83. The standard InChI is InChI=1S/C29H33ClFN3O6S/c1-19(2)32-29(36)20(3)33(17-21-7-6-8-22(30)15-21)28(35)18-34(24-11-9-23(31)10-12-24)41(37,38)25-13-14-26(39-4)27(16-25)40-5/h6-16,19-20H,17-18H2,1-5H3,(H,32,36)/t20-/m0/s1. The van der Waals surface area contributed by atoms with Gasteiger partial charge in [0, 0.05) is 23.7 Å². The zero-order valence-corrected chi connectivity index (χ0v) is 25.0. The van der Waals surface area contributed by atoms with Crippen molar-refractivity contribution >= 4 is 39.1 Å². The highest BCUT2D eigenvalue weighted by atomic mass is 35.5. The molecule has 3 rings (SSSR count). The van der Waals surface area contributed by atoms with Crippen molar-refractivity contribution in [3.8, 4) is 11.5 Å². The van der Waals surface area contributed by atoms with Gasteiger partial charge in [-0.25, -0.2) is 12.8 Å². The van der Waals surface area contributed by atoms with Crippen LogP contribution in [0.3, 0.4) is 0 Å². The molecule has 0 saturated heterocycles. The van der Waals surface area contributed by atoms with Crippen LogP contribution in [0.15, 0.2) is 71.6 Å². The van der Waals surface area contributed by atoms with Gasteiger partial charge >= 0.3 is 0 Å². The number of ether oxygens (including phenoxy) is 2. The van der Waals surface area contributed by atoms with Crippen LogP contribution in [-0.2, 0) is 26.2 Å². The lowest BCUT2D eigenvalue weighted by molar-refractivity contribution is -0.139. The molecule has 0 fully saturated rings. The Morgan fingerprint density at radius 1 is 0.951 bits per heavy atom. The fraction of sp³-hybridized carbons (Fsp3) is 0.310. The molecule has 0 bridgehead atoms. The van der Waals surface area contributed by atoms with E-state index in [0.717, 1.165) is 16.4 Å². The lowest BCUT2D eigenvalue weighted by Gasteiger charge is -2.32. The van der Waals surface area contributed by atoms with Gasteiger partial charge in [0.15, 0.2) is 11.5 Å². The number of carbonyl (C=O) groups excluding carboxylic acids is 2. The average Bonchev–Trinajstić information content (AvgIpc) is 2.93. The molecule has 3 aromatic rings. The van der Waals surface area contributed by atoms with Crippen LogP contribution in [0.2, 0.25) is 5.02 Å². The predicted octanol–water partition coefficient (Wildman–Crippen LogP) is 4.63. The normalized spacial score (nSPS) is 12.0. The summed E-state index contributed by atoms with van der Waals surface area (Å²) in [5.74, 6) is -1.17. The summed E-state index contributed by atoms with van der Waals surface area (Å²) in [7, 11) is -1.61. The third-order valence-electron chi connectivity index (χ3n) is 6.18. The molecule has 1 N–H and O–H groups in total. The van der Waals surface area contributed by atoms with Crippen LogP contribution in [0.25, 0.3) is 0 Å². The van der Waals surface area contributed by atoms with Crippen LogP contribution in [0, 0.1) is 5.82 Å². The number of sulfonamides is 1. The Morgan fingerprint density at radius 2 is 1.61 bits per heavy atom. The summed E-state index contributed by atoms with van der Waals surface area (Å²) in [6.07, 6.45) is 0. The zero-order chi connectivity index (χ0) is 30.3. The Kier molecular flexibility index (Phi) is 10.6. The number of halogens is 2. The van der Waals surface area contributed by atoms with Crippen LogP contribution in [0.1, 0.15) is 26.3 Å². The van der Waals surface area contributed by atoms with Crippen molar-refractivity contribution in [1.29, 1.82) is 0 Å². The molecule has 0 aliphatic carbocycles. The van der Waals surface area contributed by atoms with Gasteiger partial charge in [-0.2, -0.15) is 0 Å². The minimum absolute atomic E-state index is 0.0141. The van der Waals surface area contributed by atoms with E-state index in [1.54, 1.807) is 45.0 Å². The van der Waals surface area contributed by atoms with E-state index in [4.69, 9.17) is 21.1 Å². The maximum absolute atomic E-state index is 14.0. The summed E-state index contributed by atoms with van der Waals surface area (Å²) in [6.45, 7) is 4.45. The maximum Gasteiger partial charge on any atom is 0.264 e. The predicted molar refractivity (Wildman–Crippen MR) is 155 cm³/mol. The Morgan fingerprint density at radius 3 is 2.20 bits per heavy atom. The first kappa shape index (κ1) is 31.7. The van der Waals surface area contributed by atoms with Gasteiger partial charge < -0.3 is 19.7 Å². The van der Waals surface area contributed by atoms with Crippen molar-refractivity contribution < 1.29 is 31.9 Å². The van der Waals surface area contributed by atoms with Crippen molar-refractivity contribution in [2.24, 2.45) is 0 Å². The number of nitrogens with one attached hydrogen (secondary N) is 1. The van der Waals surface area contributed by atoms with E-state index in [1.807, 2.05) is 0 Å². The number of carbonyl (C=O) groups is 2. The highest BCUT2D eigenvalue weighted by Gasteiger charge is 2.33. The molecule has 2 amide bonds. The highest BCUT2D eigenvalue weighted by molar-refractivity contribution is 7.92. The molecular formula is C29H33ClFN3O6S. The van der Waals surface area contributed by atoms with E-state index in [0.29, 0.717) is 16.3 Å². The monoisotopic (exact) mass is 605 g/mol. The minimum atomic E-state index is -4.39. The van der Waals surface area contributed by atoms with Gasteiger partial charge in [-0.3, -0.25) is 13.9 Å². The molecule has 0 aromatic heterocycles. The molecule has 0 aliphatic rings. The van der Waals surface area contributed by atoms with Crippen molar-refractivity contribution in [3.63, 3.8) is 0 Å². The van der Waals surface area contributed by atoms with Crippen LogP contribution >= 0.6 is 11.6 Å². The lowest BCUT2D eigenvalue weighted by atomic mass is 10.1. The summed E-state index contributed by atoms with van der Waals surface area (Å²) < 4.78 is 53.1. The molecule has 0 aliphatic heterocycles. The summed E-state index contributed by atoms with van der Waals surface area (Å²) in [6, 6.07) is 14.4. The van der Waals surface area contributed by atoms with E-state index >= 15 is 0 Å². The van der Waals surface area contributed by atoms with Crippen molar-refractivity contribution in [3.05, 3.63) is 83.1 Å². The Labute approximate surface area is 244 Å². The molecule has 0 radical (unpaired) electrons. The molecule has 0 heterocycles. The minimum Gasteiger partial charge on any atom is -0.493 e. The number of methoxy groups -OCH3 is 2. The number of nitrogens with zero attached hydrogens (tertiary/aromatic N) is 2. The second kappa shape index (κ2) is 13.7. The fourth-order valence-corrected chi connectivity index (χ4v) is 5.70. The van der Waals surface area contributed by atoms with Gasteiger partial charge in [0.25, 0.3) is 10.0 Å². The van der Waals surface area contributed by atoms with E-state index < -0.39 is 40.2 Å². The van der Waals surface area contributed by atoms with E-state index in [-0.39, 0.29) is 28.9 Å². The molecule has 220 valence electrons. The van der Waals surface area contributed by atoms with E-state index in [1.165, 1.54) is 49.5 Å². The molecule has 1 atom stereocenters. The van der Waals surface area contributed by atoms with Crippen LogP contribution in [0.4, 0.5) is 10.1 Å². The Bertz CT molecular complexity index is 1480. The van der Waals surface area contributed by atoms with Gasteiger partial charge in [0.1, 0.15) is 18.4 Å². The number of benzene rings is 3.